The molecule has 2 aromatic carbocycles. The third kappa shape index (κ3) is 4.03. The summed E-state index contributed by atoms with van der Waals surface area (Å²) in [4.78, 5) is 8.73. The molecule has 0 bridgehead atoms. The van der Waals surface area contributed by atoms with Gasteiger partial charge >= 0.3 is 0 Å². The van der Waals surface area contributed by atoms with Crippen molar-refractivity contribution in [1.29, 1.82) is 0 Å². The SMILES string of the molecule is CN=C(NCc1cccc(Cl)c1)NCc1cccc2cccnc12. The Morgan fingerprint density at radius 2 is 1.83 bits per heavy atom. The summed E-state index contributed by atoms with van der Waals surface area (Å²) in [6, 6.07) is 18.0. The highest BCUT2D eigenvalue weighted by atomic mass is 35.5. The lowest BCUT2D eigenvalue weighted by Crippen LogP contribution is -2.36. The molecule has 1 aromatic heterocycles. The molecule has 4 nitrogen and oxygen atoms in total. The third-order valence-corrected chi connectivity index (χ3v) is 3.97. The van der Waals surface area contributed by atoms with Crippen molar-refractivity contribution < 1.29 is 0 Å². The van der Waals surface area contributed by atoms with Crippen LogP contribution in [0.5, 0.6) is 0 Å². The van der Waals surface area contributed by atoms with Gasteiger partial charge in [0.1, 0.15) is 0 Å². The Morgan fingerprint density at radius 1 is 1.04 bits per heavy atom. The number of para-hydroxylation sites is 1. The summed E-state index contributed by atoms with van der Waals surface area (Å²) in [5, 5.41) is 8.49. The zero-order chi connectivity index (χ0) is 16.8. The summed E-state index contributed by atoms with van der Waals surface area (Å²) in [6.45, 7) is 1.32. The predicted molar refractivity (Wildman–Crippen MR) is 100 cm³/mol. The first kappa shape index (κ1) is 16.3. The Hall–Kier alpha value is -2.59. The van der Waals surface area contributed by atoms with Crippen LogP contribution in [-0.2, 0) is 13.1 Å². The Labute approximate surface area is 146 Å². The van der Waals surface area contributed by atoms with E-state index in [9.17, 15) is 0 Å². The largest absolute Gasteiger partial charge is 0.352 e. The van der Waals surface area contributed by atoms with Gasteiger partial charge in [-0.1, -0.05) is 48.0 Å². The molecule has 0 amide bonds. The maximum atomic E-state index is 6.01. The average molecular weight is 339 g/mol. The number of halogens is 1. The molecule has 3 rings (SSSR count). The zero-order valence-corrected chi connectivity index (χ0v) is 14.2. The van der Waals surface area contributed by atoms with E-state index >= 15 is 0 Å². The second kappa shape index (κ2) is 7.79. The van der Waals surface area contributed by atoms with Gasteiger partial charge in [-0.3, -0.25) is 9.98 Å². The minimum atomic E-state index is 0.656. The highest BCUT2D eigenvalue weighted by molar-refractivity contribution is 6.30. The molecule has 1 heterocycles. The van der Waals surface area contributed by atoms with Gasteiger partial charge < -0.3 is 10.6 Å². The molecule has 2 N–H and O–H groups in total. The lowest BCUT2D eigenvalue weighted by Gasteiger charge is -2.13. The first-order valence-electron chi connectivity index (χ1n) is 7.78. The van der Waals surface area contributed by atoms with Crippen LogP contribution in [0.15, 0.2) is 65.8 Å². The number of aliphatic imine (C=N–C) groups is 1. The van der Waals surface area contributed by atoms with E-state index in [4.69, 9.17) is 11.6 Å². The number of rotatable bonds is 4. The van der Waals surface area contributed by atoms with Crippen LogP contribution in [0.1, 0.15) is 11.1 Å². The molecule has 0 atom stereocenters. The predicted octanol–water partition coefficient (Wildman–Crippen LogP) is 3.75. The van der Waals surface area contributed by atoms with Crippen molar-refractivity contribution in [3.63, 3.8) is 0 Å². The standard InChI is InChI=1S/C19H19ClN4/c1-21-19(23-12-14-5-2-9-17(20)11-14)24-13-16-7-3-6-15-8-4-10-22-18(15)16/h2-11H,12-13H2,1H3,(H2,21,23,24). The highest BCUT2D eigenvalue weighted by Crippen LogP contribution is 2.15. The van der Waals surface area contributed by atoms with E-state index in [0.717, 1.165) is 33.0 Å². The number of benzene rings is 2. The number of nitrogens with one attached hydrogen (secondary N) is 2. The topological polar surface area (TPSA) is 49.3 Å². The van der Waals surface area contributed by atoms with Crippen LogP contribution >= 0.6 is 11.6 Å². The second-order valence-electron chi connectivity index (χ2n) is 5.40. The van der Waals surface area contributed by atoms with E-state index in [-0.39, 0.29) is 0 Å². The van der Waals surface area contributed by atoms with Crippen LogP contribution in [0.25, 0.3) is 10.9 Å². The quantitative estimate of drug-likeness (QED) is 0.562. The van der Waals surface area contributed by atoms with Crippen LogP contribution < -0.4 is 10.6 Å². The molecule has 5 heteroatoms. The van der Waals surface area contributed by atoms with Crippen LogP contribution in [0.4, 0.5) is 0 Å². The summed E-state index contributed by atoms with van der Waals surface area (Å²) in [5.74, 6) is 0.739. The monoisotopic (exact) mass is 338 g/mol. The molecule has 0 aliphatic rings. The molecule has 0 saturated carbocycles. The van der Waals surface area contributed by atoms with Crippen molar-refractivity contribution in [3.05, 3.63) is 76.9 Å². The summed E-state index contributed by atoms with van der Waals surface area (Å²) in [6.07, 6.45) is 1.82. The van der Waals surface area contributed by atoms with Gasteiger partial charge in [-0.25, -0.2) is 0 Å². The Balaban J connectivity index is 1.63. The van der Waals surface area contributed by atoms with Gasteiger partial charge in [-0.15, -0.1) is 0 Å². The van der Waals surface area contributed by atoms with Crippen LogP contribution in [0.3, 0.4) is 0 Å². The van der Waals surface area contributed by atoms with Gasteiger partial charge in [0.15, 0.2) is 5.96 Å². The van der Waals surface area contributed by atoms with Gasteiger partial charge in [0.25, 0.3) is 0 Å². The maximum absolute atomic E-state index is 6.01. The molecule has 0 saturated heterocycles. The summed E-state index contributed by atoms with van der Waals surface area (Å²) < 4.78 is 0. The van der Waals surface area contributed by atoms with Crippen molar-refractivity contribution in [2.45, 2.75) is 13.1 Å². The minimum Gasteiger partial charge on any atom is -0.352 e. The molecule has 122 valence electrons. The molecule has 24 heavy (non-hydrogen) atoms. The van der Waals surface area contributed by atoms with Crippen molar-refractivity contribution in [2.75, 3.05) is 7.05 Å². The first-order chi connectivity index (χ1) is 11.8. The molecule has 0 aliphatic heterocycles. The normalized spacial score (nSPS) is 11.5. The number of hydrogen-bond donors (Lipinski definition) is 2. The van der Waals surface area contributed by atoms with E-state index < -0.39 is 0 Å². The van der Waals surface area contributed by atoms with E-state index in [1.165, 1.54) is 0 Å². The molecule has 0 aliphatic carbocycles. The molecule has 0 spiro atoms. The summed E-state index contributed by atoms with van der Waals surface area (Å²) in [7, 11) is 1.76. The fourth-order valence-electron chi connectivity index (χ4n) is 2.54. The molecular formula is C19H19ClN4. The van der Waals surface area contributed by atoms with Crippen molar-refractivity contribution in [2.24, 2.45) is 4.99 Å². The van der Waals surface area contributed by atoms with Crippen LogP contribution in [-0.4, -0.2) is 18.0 Å². The smallest absolute Gasteiger partial charge is 0.191 e. The average Bonchev–Trinajstić information content (AvgIpc) is 2.62. The van der Waals surface area contributed by atoms with Crippen LogP contribution in [0.2, 0.25) is 5.02 Å². The zero-order valence-electron chi connectivity index (χ0n) is 13.5. The van der Waals surface area contributed by atoms with Gasteiger partial charge in [0, 0.05) is 36.7 Å². The third-order valence-electron chi connectivity index (χ3n) is 3.74. The molecule has 0 radical (unpaired) electrons. The lowest BCUT2D eigenvalue weighted by atomic mass is 10.1. The van der Waals surface area contributed by atoms with Crippen molar-refractivity contribution >= 4 is 28.5 Å². The number of nitrogens with zero attached hydrogens (tertiary/aromatic N) is 2. The fourth-order valence-corrected chi connectivity index (χ4v) is 2.76. The fraction of sp³-hybridized carbons (Fsp3) is 0.158. The number of pyridine rings is 1. The number of fused-ring (bicyclic) bond motifs is 1. The van der Waals surface area contributed by atoms with E-state index in [1.54, 1.807) is 7.05 Å². The van der Waals surface area contributed by atoms with Gasteiger partial charge in [-0.05, 0) is 29.3 Å². The van der Waals surface area contributed by atoms with E-state index in [1.807, 2.05) is 42.6 Å². The maximum Gasteiger partial charge on any atom is 0.191 e. The second-order valence-corrected chi connectivity index (χ2v) is 5.84. The molecule has 3 aromatic rings. The van der Waals surface area contributed by atoms with Gasteiger partial charge in [-0.2, -0.15) is 0 Å². The summed E-state index contributed by atoms with van der Waals surface area (Å²) in [5.41, 5.74) is 3.26. The Bertz CT molecular complexity index is 855. The molecule has 0 fully saturated rings. The minimum absolute atomic E-state index is 0.656. The van der Waals surface area contributed by atoms with Crippen molar-refractivity contribution in [1.82, 2.24) is 15.6 Å². The Morgan fingerprint density at radius 3 is 2.67 bits per heavy atom. The summed E-state index contributed by atoms with van der Waals surface area (Å²) >= 11 is 6.01. The molecular weight excluding hydrogens is 320 g/mol. The van der Waals surface area contributed by atoms with E-state index in [2.05, 4.69) is 38.8 Å². The van der Waals surface area contributed by atoms with Crippen molar-refractivity contribution in [3.8, 4) is 0 Å². The lowest BCUT2D eigenvalue weighted by molar-refractivity contribution is 0.811. The first-order valence-corrected chi connectivity index (χ1v) is 8.15. The Kier molecular flexibility index (Phi) is 5.29. The van der Waals surface area contributed by atoms with Gasteiger partial charge in [0.2, 0.25) is 0 Å². The van der Waals surface area contributed by atoms with E-state index in [0.29, 0.717) is 13.1 Å². The molecule has 0 unspecified atom stereocenters. The van der Waals surface area contributed by atoms with Gasteiger partial charge in [0.05, 0.1) is 5.52 Å². The highest BCUT2D eigenvalue weighted by Gasteiger charge is 2.03. The number of aromatic nitrogens is 1. The van der Waals surface area contributed by atoms with Crippen LogP contribution in [0, 0.1) is 0 Å². The number of hydrogen-bond acceptors (Lipinski definition) is 2. The number of guanidine groups is 1.